The van der Waals surface area contributed by atoms with Crippen LogP contribution in [0.1, 0.15) is 12.8 Å². The van der Waals surface area contributed by atoms with E-state index in [0.29, 0.717) is 48.9 Å². The lowest BCUT2D eigenvalue weighted by atomic mass is 10.2. The molecule has 2 fully saturated rings. The Morgan fingerprint density at radius 1 is 1.14 bits per heavy atom. The van der Waals surface area contributed by atoms with E-state index in [1.807, 2.05) is 29.2 Å². The molecule has 3 aliphatic rings. The number of hydrogen-bond donors (Lipinski definition) is 2. The molecule has 1 aromatic carbocycles. The highest BCUT2D eigenvalue weighted by Crippen LogP contribution is 2.37. The first-order chi connectivity index (χ1) is 17.6. The number of likely N-dealkylation sites (N-methyl/N-ethyl adjacent to an activating group) is 1. The molecule has 9 nitrogen and oxygen atoms in total. The average molecular weight is 491 g/mol. The zero-order valence-corrected chi connectivity index (χ0v) is 20.5. The summed E-state index contributed by atoms with van der Waals surface area (Å²) in [6.07, 6.45) is 3.48. The molecule has 2 aliphatic heterocycles. The van der Waals surface area contributed by atoms with Crippen LogP contribution in [0.2, 0.25) is 0 Å². The summed E-state index contributed by atoms with van der Waals surface area (Å²) in [6.45, 7) is 6.00. The SMILES string of the molecule is CN1CCN(c2cccc(Nc3ncc(F)c(N(CC4CC4)c4ccc5c(n4)NCCO5)n3)c2)CC1. The summed E-state index contributed by atoms with van der Waals surface area (Å²) in [5.41, 5.74) is 2.02. The number of nitrogens with one attached hydrogen (secondary N) is 2. The molecule has 0 spiro atoms. The summed E-state index contributed by atoms with van der Waals surface area (Å²) in [4.78, 5) is 20.1. The molecule has 0 radical (unpaired) electrons. The van der Waals surface area contributed by atoms with E-state index in [0.717, 1.165) is 50.4 Å². The zero-order chi connectivity index (χ0) is 24.5. The number of hydrogen-bond acceptors (Lipinski definition) is 9. The van der Waals surface area contributed by atoms with Gasteiger partial charge in [0.05, 0.1) is 12.7 Å². The van der Waals surface area contributed by atoms with Gasteiger partial charge in [0.1, 0.15) is 12.4 Å². The number of aromatic nitrogens is 3. The maximum absolute atomic E-state index is 15.1. The highest BCUT2D eigenvalue weighted by Gasteiger charge is 2.29. The van der Waals surface area contributed by atoms with Crippen molar-refractivity contribution in [2.24, 2.45) is 5.92 Å². The third-order valence-corrected chi connectivity index (χ3v) is 6.86. The molecule has 4 heterocycles. The molecular weight excluding hydrogens is 459 g/mol. The molecule has 1 aliphatic carbocycles. The Labute approximate surface area is 210 Å². The van der Waals surface area contributed by atoms with Crippen LogP contribution in [0.5, 0.6) is 5.75 Å². The maximum Gasteiger partial charge on any atom is 0.229 e. The highest BCUT2D eigenvalue weighted by atomic mass is 19.1. The number of halogens is 1. The third kappa shape index (κ3) is 4.99. The predicted octanol–water partition coefficient (Wildman–Crippen LogP) is 3.86. The van der Waals surface area contributed by atoms with Crippen LogP contribution in [-0.2, 0) is 0 Å². The Morgan fingerprint density at radius 2 is 2.00 bits per heavy atom. The van der Waals surface area contributed by atoms with Crippen molar-refractivity contribution < 1.29 is 9.13 Å². The summed E-state index contributed by atoms with van der Waals surface area (Å²) in [6, 6.07) is 11.9. The second kappa shape index (κ2) is 9.77. The Kier molecular flexibility index (Phi) is 6.18. The predicted molar refractivity (Wildman–Crippen MR) is 139 cm³/mol. The van der Waals surface area contributed by atoms with Crippen molar-refractivity contribution in [2.45, 2.75) is 12.8 Å². The number of anilines is 6. The summed E-state index contributed by atoms with van der Waals surface area (Å²) in [5.74, 6) is 2.62. The van der Waals surface area contributed by atoms with Crippen LogP contribution < -0.4 is 25.2 Å². The lowest BCUT2D eigenvalue weighted by Crippen LogP contribution is -2.44. The maximum atomic E-state index is 15.1. The van der Waals surface area contributed by atoms with Gasteiger partial charge >= 0.3 is 0 Å². The molecular formula is C26H31FN8O. The first-order valence-electron chi connectivity index (χ1n) is 12.6. The Morgan fingerprint density at radius 3 is 2.83 bits per heavy atom. The fraction of sp³-hybridized carbons (Fsp3) is 0.423. The largest absolute Gasteiger partial charge is 0.488 e. The summed E-state index contributed by atoms with van der Waals surface area (Å²) >= 11 is 0. The minimum absolute atomic E-state index is 0.221. The van der Waals surface area contributed by atoms with Gasteiger partial charge in [0.25, 0.3) is 0 Å². The summed E-state index contributed by atoms with van der Waals surface area (Å²) in [5, 5.41) is 6.54. The van der Waals surface area contributed by atoms with Crippen molar-refractivity contribution in [1.29, 1.82) is 0 Å². The number of rotatable bonds is 7. The first kappa shape index (κ1) is 22.8. The van der Waals surface area contributed by atoms with Gasteiger partial charge in [-0.05, 0) is 56.1 Å². The van der Waals surface area contributed by atoms with Crippen LogP contribution in [0.25, 0.3) is 0 Å². The Balaban J connectivity index is 1.27. The van der Waals surface area contributed by atoms with Gasteiger partial charge in [-0.2, -0.15) is 4.98 Å². The van der Waals surface area contributed by atoms with E-state index in [4.69, 9.17) is 9.72 Å². The summed E-state index contributed by atoms with van der Waals surface area (Å²) < 4.78 is 20.8. The minimum atomic E-state index is -0.476. The number of fused-ring (bicyclic) bond motifs is 1. The van der Waals surface area contributed by atoms with Crippen LogP contribution in [0.4, 0.5) is 39.2 Å². The van der Waals surface area contributed by atoms with E-state index in [2.05, 4.69) is 49.6 Å². The van der Waals surface area contributed by atoms with Gasteiger partial charge in [-0.15, -0.1) is 0 Å². The van der Waals surface area contributed by atoms with E-state index >= 15 is 4.39 Å². The van der Waals surface area contributed by atoms with Gasteiger partial charge in [0.2, 0.25) is 5.95 Å². The fourth-order valence-corrected chi connectivity index (χ4v) is 4.59. The van der Waals surface area contributed by atoms with E-state index in [9.17, 15) is 0 Å². The van der Waals surface area contributed by atoms with Crippen molar-refractivity contribution in [1.82, 2.24) is 19.9 Å². The third-order valence-electron chi connectivity index (χ3n) is 6.86. The minimum Gasteiger partial charge on any atom is -0.488 e. The van der Waals surface area contributed by atoms with E-state index in [-0.39, 0.29) is 5.82 Å². The highest BCUT2D eigenvalue weighted by molar-refractivity contribution is 5.66. The number of ether oxygens (including phenoxy) is 1. The Hall–Kier alpha value is -3.66. The molecule has 0 amide bonds. The topological polar surface area (TPSA) is 81.7 Å². The average Bonchev–Trinajstić information content (AvgIpc) is 3.73. The molecule has 3 aromatic rings. The number of pyridine rings is 1. The molecule has 0 unspecified atom stereocenters. The molecule has 36 heavy (non-hydrogen) atoms. The fourth-order valence-electron chi connectivity index (χ4n) is 4.59. The normalized spacial score (nSPS) is 17.7. The quantitative estimate of drug-likeness (QED) is 0.513. The van der Waals surface area contributed by atoms with Crippen molar-refractivity contribution in [3.8, 4) is 5.75 Å². The molecule has 1 saturated heterocycles. The Bertz CT molecular complexity index is 1230. The molecule has 6 rings (SSSR count). The van der Waals surface area contributed by atoms with E-state index in [1.165, 1.54) is 6.20 Å². The molecule has 2 aromatic heterocycles. The van der Waals surface area contributed by atoms with Crippen molar-refractivity contribution in [2.75, 3.05) is 73.4 Å². The van der Waals surface area contributed by atoms with Gasteiger partial charge in [0, 0.05) is 44.1 Å². The smallest absolute Gasteiger partial charge is 0.229 e. The van der Waals surface area contributed by atoms with Crippen LogP contribution in [-0.4, -0.2) is 72.8 Å². The molecule has 0 atom stereocenters. The molecule has 1 saturated carbocycles. The van der Waals surface area contributed by atoms with Gasteiger partial charge in [0.15, 0.2) is 23.2 Å². The lowest BCUT2D eigenvalue weighted by Gasteiger charge is -2.34. The van der Waals surface area contributed by atoms with Crippen molar-refractivity contribution >= 4 is 34.8 Å². The van der Waals surface area contributed by atoms with Crippen LogP contribution in [0.15, 0.2) is 42.6 Å². The van der Waals surface area contributed by atoms with Gasteiger partial charge in [-0.3, -0.25) is 0 Å². The van der Waals surface area contributed by atoms with E-state index in [1.54, 1.807) is 0 Å². The first-order valence-corrected chi connectivity index (χ1v) is 12.6. The van der Waals surface area contributed by atoms with Crippen LogP contribution in [0, 0.1) is 11.7 Å². The monoisotopic (exact) mass is 490 g/mol. The van der Waals surface area contributed by atoms with E-state index < -0.39 is 5.82 Å². The molecule has 0 bridgehead atoms. The lowest BCUT2D eigenvalue weighted by molar-refractivity contribution is 0.313. The standard InChI is InChI=1S/C26H31FN8O/c1-33-10-12-34(13-11-33)20-4-2-3-19(15-20)30-26-29-16-21(27)25(32-26)35(17-18-5-6-18)23-8-7-22-24(31-23)28-9-14-36-22/h2-4,7-8,15-16,18H,5-6,9-14,17H2,1H3,(H,28,31)(H,29,30,32). The van der Waals surface area contributed by atoms with Gasteiger partial charge in [-0.1, -0.05) is 6.07 Å². The van der Waals surface area contributed by atoms with Crippen molar-refractivity contribution in [3.63, 3.8) is 0 Å². The second-order valence-electron chi connectivity index (χ2n) is 9.68. The number of nitrogens with zero attached hydrogens (tertiary/aromatic N) is 6. The van der Waals surface area contributed by atoms with Crippen LogP contribution >= 0.6 is 0 Å². The second-order valence-corrected chi connectivity index (χ2v) is 9.68. The number of benzene rings is 1. The number of piperazine rings is 1. The van der Waals surface area contributed by atoms with Gasteiger partial charge < -0.3 is 30.1 Å². The van der Waals surface area contributed by atoms with Crippen molar-refractivity contribution in [3.05, 3.63) is 48.4 Å². The molecule has 2 N–H and O–H groups in total. The molecule has 188 valence electrons. The van der Waals surface area contributed by atoms with Crippen LogP contribution in [0.3, 0.4) is 0 Å². The summed E-state index contributed by atoms with van der Waals surface area (Å²) in [7, 11) is 2.15. The molecule has 10 heteroatoms. The zero-order valence-electron chi connectivity index (χ0n) is 20.5. The van der Waals surface area contributed by atoms with Gasteiger partial charge in [-0.25, -0.2) is 14.4 Å².